The third-order valence-corrected chi connectivity index (χ3v) is 4.69. The Labute approximate surface area is 119 Å². The number of rotatable bonds is 4. The van der Waals surface area contributed by atoms with Crippen molar-refractivity contribution >= 4 is 17.2 Å². The minimum atomic E-state index is 0.270. The Bertz CT molecular complexity index is 450. The van der Waals surface area contributed by atoms with Crippen LogP contribution in [0.15, 0.2) is 12.3 Å². The Hall–Kier alpha value is -0.940. The van der Waals surface area contributed by atoms with Crippen LogP contribution >= 0.6 is 12.2 Å². The highest BCUT2D eigenvalue weighted by Gasteiger charge is 2.27. The van der Waals surface area contributed by atoms with Crippen molar-refractivity contribution < 1.29 is 0 Å². The van der Waals surface area contributed by atoms with Crippen LogP contribution in [0.5, 0.6) is 0 Å². The normalized spacial score (nSPS) is 25.2. The molecule has 0 spiro atoms. The third kappa shape index (κ3) is 2.82. The van der Waals surface area contributed by atoms with Crippen LogP contribution in [0, 0.1) is 0 Å². The van der Waals surface area contributed by atoms with Crippen LogP contribution in [0.4, 0.5) is 0 Å². The van der Waals surface area contributed by atoms with Crippen molar-refractivity contribution in [1.29, 1.82) is 0 Å². The van der Waals surface area contributed by atoms with Crippen molar-refractivity contribution in [2.45, 2.75) is 57.2 Å². The number of nitrogens with two attached hydrogens (primary N) is 1. The number of nitrogens with zero attached hydrogens (tertiary/aromatic N) is 3. The second kappa shape index (κ2) is 5.59. The highest BCUT2D eigenvalue weighted by Crippen LogP contribution is 2.29. The van der Waals surface area contributed by atoms with Gasteiger partial charge in [0.15, 0.2) is 0 Å². The van der Waals surface area contributed by atoms with E-state index in [0.29, 0.717) is 11.0 Å². The lowest BCUT2D eigenvalue weighted by Gasteiger charge is -2.22. The number of likely N-dealkylation sites (tertiary alicyclic amines) is 1. The molecule has 104 valence electrons. The van der Waals surface area contributed by atoms with Crippen LogP contribution in [0.25, 0.3) is 0 Å². The van der Waals surface area contributed by atoms with Gasteiger partial charge >= 0.3 is 0 Å². The molecular weight excluding hydrogens is 256 g/mol. The summed E-state index contributed by atoms with van der Waals surface area (Å²) in [6, 6.07) is 3.04. The molecule has 19 heavy (non-hydrogen) atoms. The molecule has 1 unspecified atom stereocenters. The van der Waals surface area contributed by atoms with Crippen LogP contribution in [-0.4, -0.2) is 32.3 Å². The van der Waals surface area contributed by atoms with E-state index in [-0.39, 0.29) is 6.04 Å². The Kier molecular flexibility index (Phi) is 3.84. The largest absolute Gasteiger partial charge is 0.392 e. The molecule has 4 nitrogen and oxygen atoms in total. The summed E-state index contributed by atoms with van der Waals surface area (Å²) in [6.45, 7) is 1.96. The lowest BCUT2D eigenvalue weighted by molar-refractivity contribution is 0.289. The van der Waals surface area contributed by atoms with Gasteiger partial charge in [0.2, 0.25) is 0 Å². The first-order valence-corrected chi connectivity index (χ1v) is 7.72. The van der Waals surface area contributed by atoms with E-state index in [9.17, 15) is 0 Å². The zero-order valence-corrected chi connectivity index (χ0v) is 12.1. The topological polar surface area (TPSA) is 47.1 Å². The Morgan fingerprint density at radius 1 is 1.32 bits per heavy atom. The first kappa shape index (κ1) is 13.1. The number of aromatic nitrogens is 2. The minimum absolute atomic E-state index is 0.270. The molecule has 0 aromatic carbocycles. The van der Waals surface area contributed by atoms with Crippen molar-refractivity contribution in [3.8, 4) is 0 Å². The SMILES string of the molecule is NC(=S)C1CCCN1Cc1ccn(C2CCCC2)n1. The van der Waals surface area contributed by atoms with Gasteiger partial charge in [-0.15, -0.1) is 0 Å². The molecule has 1 saturated carbocycles. The molecule has 2 N–H and O–H groups in total. The fourth-order valence-corrected chi connectivity index (χ4v) is 3.65. The lowest BCUT2D eigenvalue weighted by Crippen LogP contribution is -2.38. The Morgan fingerprint density at radius 2 is 2.11 bits per heavy atom. The maximum Gasteiger partial charge on any atom is 0.0902 e. The van der Waals surface area contributed by atoms with Gasteiger partial charge in [-0.3, -0.25) is 9.58 Å². The van der Waals surface area contributed by atoms with E-state index in [1.807, 2.05) is 0 Å². The summed E-state index contributed by atoms with van der Waals surface area (Å²) in [5, 5.41) is 4.74. The van der Waals surface area contributed by atoms with Crippen LogP contribution in [0.2, 0.25) is 0 Å². The summed E-state index contributed by atoms with van der Waals surface area (Å²) < 4.78 is 2.16. The molecular formula is C14H22N4S. The summed E-state index contributed by atoms with van der Waals surface area (Å²) >= 11 is 5.15. The zero-order chi connectivity index (χ0) is 13.2. The quantitative estimate of drug-likeness (QED) is 0.858. The highest BCUT2D eigenvalue weighted by atomic mass is 32.1. The molecule has 1 aliphatic heterocycles. The first-order chi connectivity index (χ1) is 9.24. The molecule has 0 amide bonds. The fraction of sp³-hybridized carbons (Fsp3) is 0.714. The fourth-order valence-electron chi connectivity index (χ4n) is 3.38. The Morgan fingerprint density at radius 3 is 2.84 bits per heavy atom. The molecule has 1 atom stereocenters. The summed E-state index contributed by atoms with van der Waals surface area (Å²) in [5.41, 5.74) is 6.96. The van der Waals surface area contributed by atoms with Crippen LogP contribution < -0.4 is 5.73 Å². The van der Waals surface area contributed by atoms with Gasteiger partial charge in [-0.2, -0.15) is 5.10 Å². The molecule has 2 fully saturated rings. The summed E-state index contributed by atoms with van der Waals surface area (Å²) in [6.07, 6.45) is 9.66. The van der Waals surface area contributed by atoms with Gasteiger partial charge < -0.3 is 5.73 Å². The lowest BCUT2D eigenvalue weighted by atomic mass is 10.2. The van der Waals surface area contributed by atoms with E-state index in [1.54, 1.807) is 0 Å². The molecule has 5 heteroatoms. The van der Waals surface area contributed by atoms with Gasteiger partial charge in [-0.25, -0.2) is 0 Å². The minimum Gasteiger partial charge on any atom is -0.392 e. The van der Waals surface area contributed by atoms with Crippen molar-refractivity contribution in [3.63, 3.8) is 0 Å². The van der Waals surface area contributed by atoms with Gasteiger partial charge in [0, 0.05) is 12.7 Å². The highest BCUT2D eigenvalue weighted by molar-refractivity contribution is 7.80. The Balaban J connectivity index is 1.65. The standard InChI is InChI=1S/C14H22N4S/c15-14(19)13-6-3-8-17(13)10-11-7-9-18(16-11)12-4-1-2-5-12/h7,9,12-13H,1-6,8,10H2,(H2,15,19). The van der Waals surface area contributed by atoms with Crippen molar-refractivity contribution in [2.24, 2.45) is 5.73 Å². The molecule has 1 aliphatic carbocycles. The van der Waals surface area contributed by atoms with Crippen molar-refractivity contribution in [3.05, 3.63) is 18.0 Å². The molecule has 1 aromatic heterocycles. The molecule has 3 rings (SSSR count). The van der Waals surface area contributed by atoms with Gasteiger partial charge in [0.1, 0.15) is 0 Å². The van der Waals surface area contributed by atoms with Crippen molar-refractivity contribution in [2.75, 3.05) is 6.54 Å². The smallest absolute Gasteiger partial charge is 0.0902 e. The molecule has 0 bridgehead atoms. The summed E-state index contributed by atoms with van der Waals surface area (Å²) in [7, 11) is 0. The van der Waals surface area contributed by atoms with Crippen molar-refractivity contribution in [1.82, 2.24) is 14.7 Å². The number of hydrogen-bond acceptors (Lipinski definition) is 3. The van der Waals surface area contributed by atoms with E-state index < -0.39 is 0 Å². The van der Waals surface area contributed by atoms with E-state index in [4.69, 9.17) is 23.1 Å². The predicted molar refractivity (Wildman–Crippen MR) is 79.9 cm³/mol. The third-order valence-electron chi connectivity index (χ3n) is 4.42. The number of thiocarbonyl (C=S) groups is 1. The van der Waals surface area contributed by atoms with Crippen LogP contribution in [0.3, 0.4) is 0 Å². The van der Waals surface area contributed by atoms with Crippen LogP contribution in [0.1, 0.15) is 50.3 Å². The molecule has 1 saturated heterocycles. The van der Waals surface area contributed by atoms with Crippen LogP contribution in [-0.2, 0) is 6.54 Å². The second-order valence-electron chi connectivity index (χ2n) is 5.76. The molecule has 0 radical (unpaired) electrons. The van der Waals surface area contributed by atoms with E-state index in [0.717, 1.165) is 25.2 Å². The molecule has 1 aromatic rings. The van der Waals surface area contributed by atoms with Gasteiger partial charge in [0.05, 0.1) is 22.8 Å². The maximum atomic E-state index is 5.81. The van der Waals surface area contributed by atoms with Gasteiger partial charge in [0.25, 0.3) is 0 Å². The maximum absolute atomic E-state index is 5.81. The monoisotopic (exact) mass is 278 g/mol. The van der Waals surface area contributed by atoms with Gasteiger partial charge in [-0.05, 0) is 38.3 Å². The summed E-state index contributed by atoms with van der Waals surface area (Å²) in [5.74, 6) is 0. The molecule has 2 heterocycles. The average Bonchev–Trinajstić information content (AvgIpc) is 3.09. The second-order valence-corrected chi connectivity index (χ2v) is 6.23. The predicted octanol–water partition coefficient (Wildman–Crippen LogP) is 2.25. The van der Waals surface area contributed by atoms with E-state index >= 15 is 0 Å². The van der Waals surface area contributed by atoms with Gasteiger partial charge in [-0.1, -0.05) is 25.1 Å². The molecule has 2 aliphatic rings. The average molecular weight is 278 g/mol. The number of hydrogen-bond donors (Lipinski definition) is 1. The van der Waals surface area contributed by atoms with E-state index in [2.05, 4.69) is 21.8 Å². The first-order valence-electron chi connectivity index (χ1n) is 7.31. The summed E-state index contributed by atoms with van der Waals surface area (Å²) in [4.78, 5) is 3.00. The van der Waals surface area contributed by atoms with E-state index in [1.165, 1.54) is 32.1 Å². The zero-order valence-electron chi connectivity index (χ0n) is 11.3.